The maximum atomic E-state index is 13.1. The molecule has 1 aliphatic heterocycles. The lowest BCUT2D eigenvalue weighted by Gasteiger charge is -2.28. The molecule has 2 aliphatic carbocycles. The van der Waals surface area contributed by atoms with E-state index in [0.29, 0.717) is 17.8 Å². The maximum Gasteiger partial charge on any atom is 0.338 e. The number of hydrogen-bond donors (Lipinski definition) is 1. The van der Waals surface area contributed by atoms with Crippen molar-refractivity contribution in [1.82, 2.24) is 0 Å². The van der Waals surface area contributed by atoms with Crippen LogP contribution in [0.25, 0.3) is 0 Å². The van der Waals surface area contributed by atoms with Crippen LogP contribution in [0.15, 0.2) is 48.5 Å². The Kier molecular flexibility index (Phi) is 6.32. The van der Waals surface area contributed by atoms with Gasteiger partial charge in [0, 0.05) is 5.69 Å². The molecule has 0 unspecified atom stereocenters. The van der Waals surface area contributed by atoms with E-state index in [4.69, 9.17) is 27.9 Å². The highest BCUT2D eigenvalue weighted by atomic mass is 35.5. The smallest absolute Gasteiger partial charge is 0.338 e. The van der Waals surface area contributed by atoms with Gasteiger partial charge in [-0.1, -0.05) is 25.1 Å². The van der Waals surface area contributed by atoms with Crippen LogP contribution in [0, 0.1) is 23.7 Å². The predicted octanol–water partition coefficient (Wildman–Crippen LogP) is 4.01. The van der Waals surface area contributed by atoms with Crippen molar-refractivity contribution in [3.05, 3.63) is 59.7 Å². The van der Waals surface area contributed by atoms with Crippen molar-refractivity contribution in [1.29, 1.82) is 0 Å². The van der Waals surface area contributed by atoms with Crippen LogP contribution in [0.3, 0.4) is 0 Å². The number of rotatable bonds is 6. The minimum Gasteiger partial charge on any atom is -0.452 e. The van der Waals surface area contributed by atoms with Crippen LogP contribution in [-0.2, 0) is 25.5 Å². The first-order valence-electron chi connectivity index (χ1n) is 11.6. The third kappa shape index (κ3) is 4.00. The first-order chi connectivity index (χ1) is 16.8. The van der Waals surface area contributed by atoms with Gasteiger partial charge in [-0.2, -0.15) is 0 Å². The summed E-state index contributed by atoms with van der Waals surface area (Å²) in [4.78, 5) is 52.0. The van der Waals surface area contributed by atoms with E-state index in [1.807, 2.05) is 25.1 Å². The zero-order valence-corrected chi connectivity index (χ0v) is 20.5. The minimum absolute atomic E-state index is 0.0969. The molecule has 182 valence electrons. The highest BCUT2D eigenvalue weighted by Gasteiger charge is 2.66. The van der Waals surface area contributed by atoms with Gasteiger partial charge in [0.15, 0.2) is 6.61 Å². The third-order valence-electron chi connectivity index (χ3n) is 7.36. The number of hydrogen-bond acceptors (Lipinski definition) is 5. The van der Waals surface area contributed by atoms with E-state index in [1.54, 1.807) is 6.07 Å². The Labute approximate surface area is 212 Å². The van der Waals surface area contributed by atoms with Crippen LogP contribution in [0.1, 0.15) is 29.3 Å². The summed E-state index contributed by atoms with van der Waals surface area (Å²) in [7, 11) is 0. The molecule has 0 radical (unpaired) electrons. The number of carbonyl (C=O) groups is 4. The van der Waals surface area contributed by atoms with Crippen LogP contribution in [0.2, 0.25) is 0 Å². The fourth-order valence-electron chi connectivity index (χ4n) is 5.70. The highest BCUT2D eigenvalue weighted by molar-refractivity contribution is 6.32. The van der Waals surface area contributed by atoms with Gasteiger partial charge in [0.2, 0.25) is 11.8 Å². The number of ether oxygens (including phenoxy) is 1. The number of benzene rings is 2. The molecule has 1 saturated heterocycles. The number of alkyl halides is 2. The fourth-order valence-corrected chi connectivity index (χ4v) is 6.59. The quantitative estimate of drug-likeness (QED) is 0.357. The number of carbonyl (C=O) groups excluding carboxylic acids is 4. The van der Waals surface area contributed by atoms with Crippen molar-refractivity contribution in [2.24, 2.45) is 23.7 Å². The molecule has 9 heteroatoms. The van der Waals surface area contributed by atoms with Gasteiger partial charge in [0.1, 0.15) is 0 Å². The molecule has 2 bridgehead atoms. The van der Waals surface area contributed by atoms with Gasteiger partial charge in [0.05, 0.1) is 33.8 Å². The van der Waals surface area contributed by atoms with Gasteiger partial charge in [-0.25, -0.2) is 4.79 Å². The van der Waals surface area contributed by atoms with Crippen LogP contribution in [0.5, 0.6) is 0 Å². The van der Waals surface area contributed by atoms with Crippen molar-refractivity contribution < 1.29 is 23.9 Å². The number of nitrogens with one attached hydrogen (secondary N) is 1. The van der Waals surface area contributed by atoms with Crippen molar-refractivity contribution in [3.8, 4) is 0 Å². The van der Waals surface area contributed by atoms with Gasteiger partial charge in [-0.3, -0.25) is 19.3 Å². The van der Waals surface area contributed by atoms with Crippen LogP contribution < -0.4 is 10.2 Å². The summed E-state index contributed by atoms with van der Waals surface area (Å²) in [5.74, 6) is -2.72. The molecule has 3 fully saturated rings. The number of nitrogens with zero attached hydrogens (tertiary/aromatic N) is 1. The average molecular weight is 515 g/mol. The second kappa shape index (κ2) is 9.28. The molecular formula is C26H24Cl2N2O5. The van der Waals surface area contributed by atoms with Gasteiger partial charge in [-0.15, -0.1) is 23.2 Å². The summed E-state index contributed by atoms with van der Waals surface area (Å²) in [5.41, 5.74) is 2.25. The van der Waals surface area contributed by atoms with E-state index in [0.717, 1.165) is 12.0 Å². The Morgan fingerprint density at radius 3 is 2.17 bits per heavy atom. The average Bonchev–Trinajstić information content (AvgIpc) is 3.47. The number of esters is 1. The zero-order valence-electron chi connectivity index (χ0n) is 18.9. The number of fused-ring (bicyclic) bond motifs is 5. The lowest BCUT2D eigenvalue weighted by molar-refractivity contribution is -0.123. The first kappa shape index (κ1) is 23.8. The molecule has 3 amide bonds. The van der Waals surface area contributed by atoms with Gasteiger partial charge >= 0.3 is 5.97 Å². The van der Waals surface area contributed by atoms with E-state index < -0.39 is 30.3 Å². The van der Waals surface area contributed by atoms with Gasteiger partial charge < -0.3 is 10.1 Å². The molecular weight excluding hydrogens is 491 g/mol. The monoisotopic (exact) mass is 514 g/mol. The largest absolute Gasteiger partial charge is 0.452 e. The number of anilines is 2. The highest BCUT2D eigenvalue weighted by Crippen LogP contribution is 2.59. The third-order valence-corrected chi connectivity index (χ3v) is 8.67. The molecule has 1 heterocycles. The van der Waals surface area contributed by atoms with Crippen molar-refractivity contribution in [2.75, 3.05) is 16.8 Å². The Bertz CT molecular complexity index is 1170. The summed E-state index contributed by atoms with van der Waals surface area (Å²) < 4.78 is 5.14. The fraction of sp³-hybridized carbons (Fsp3) is 0.385. The maximum absolute atomic E-state index is 13.1. The van der Waals surface area contributed by atoms with Crippen molar-refractivity contribution >= 4 is 58.3 Å². The lowest BCUT2D eigenvalue weighted by Crippen LogP contribution is -2.37. The molecule has 2 saturated carbocycles. The summed E-state index contributed by atoms with van der Waals surface area (Å²) in [6.45, 7) is 1.55. The molecule has 2 aromatic carbocycles. The minimum atomic E-state index is -0.681. The summed E-state index contributed by atoms with van der Waals surface area (Å²) >= 11 is 12.8. The number of aryl methyl sites for hydroxylation is 1. The van der Waals surface area contributed by atoms with Crippen LogP contribution >= 0.6 is 23.2 Å². The molecule has 2 aromatic rings. The molecule has 0 spiro atoms. The van der Waals surface area contributed by atoms with E-state index in [-0.39, 0.29) is 40.0 Å². The van der Waals surface area contributed by atoms with E-state index in [9.17, 15) is 19.2 Å². The van der Waals surface area contributed by atoms with E-state index in [2.05, 4.69) is 5.32 Å². The number of para-hydroxylation sites is 1. The Hall–Kier alpha value is -2.90. The number of amides is 3. The summed E-state index contributed by atoms with van der Waals surface area (Å²) in [5, 5.41) is 2.11. The Morgan fingerprint density at radius 1 is 0.971 bits per heavy atom. The molecule has 35 heavy (non-hydrogen) atoms. The number of imide groups is 1. The van der Waals surface area contributed by atoms with E-state index in [1.165, 1.54) is 29.2 Å². The SMILES string of the molecule is CCc1ccccc1NC(=O)COC(=O)c1ccc(N2C(=O)[C@@H]3[C@H]4C[C@@H]([C@H](Cl)[C@@H]4Cl)[C@@H]3C2=O)cc1. The number of halogens is 2. The summed E-state index contributed by atoms with van der Waals surface area (Å²) in [6, 6.07) is 13.4. The zero-order chi connectivity index (χ0) is 24.9. The molecule has 7 nitrogen and oxygen atoms in total. The Balaban J connectivity index is 1.22. The molecule has 5 rings (SSSR count). The van der Waals surface area contributed by atoms with Gasteiger partial charge in [-0.05, 0) is 60.6 Å². The molecule has 3 aliphatic rings. The first-order valence-corrected chi connectivity index (χ1v) is 12.5. The standard InChI is InChI=1S/C26H24Cl2N2O5/c1-2-13-5-3-4-6-18(13)29-19(31)12-35-26(34)14-7-9-15(10-8-14)30-24(32)20-16-11-17(21(20)25(30)33)23(28)22(16)27/h3-10,16-17,20-23H,2,11-12H2,1H3,(H,29,31)/t16-,17-,20-,21+,22-,23+/m1/s1. The van der Waals surface area contributed by atoms with Crippen molar-refractivity contribution in [3.63, 3.8) is 0 Å². The lowest BCUT2D eigenvalue weighted by atomic mass is 9.80. The molecule has 6 atom stereocenters. The Morgan fingerprint density at radius 2 is 1.57 bits per heavy atom. The topological polar surface area (TPSA) is 92.8 Å². The second-order valence-corrected chi connectivity index (χ2v) is 10.2. The van der Waals surface area contributed by atoms with E-state index >= 15 is 0 Å². The predicted molar refractivity (Wildman–Crippen MR) is 132 cm³/mol. The molecule has 0 aromatic heterocycles. The molecule has 1 N–H and O–H groups in total. The van der Waals surface area contributed by atoms with Crippen molar-refractivity contribution in [2.45, 2.75) is 30.5 Å². The van der Waals surface area contributed by atoms with Crippen LogP contribution in [0.4, 0.5) is 11.4 Å². The van der Waals surface area contributed by atoms with Crippen LogP contribution in [-0.4, -0.2) is 41.1 Å². The summed E-state index contributed by atoms with van der Waals surface area (Å²) in [6.07, 6.45) is 1.46. The normalized spacial score (nSPS) is 28.8. The van der Waals surface area contributed by atoms with Gasteiger partial charge in [0.25, 0.3) is 5.91 Å². The second-order valence-electron chi connectivity index (χ2n) is 9.20.